The number of nitrogens with zero attached hydrogens (tertiary/aromatic N) is 4. The van der Waals surface area contributed by atoms with Gasteiger partial charge in [0.15, 0.2) is 11.5 Å². The molecule has 3 N–H and O–H groups in total. The molecule has 0 saturated heterocycles. The zero-order valence-electron chi connectivity index (χ0n) is 16.8. The Hall–Kier alpha value is -3.32. The summed E-state index contributed by atoms with van der Waals surface area (Å²) in [5.74, 6) is 0.393. The number of fused-ring (bicyclic) bond motifs is 2. The van der Waals surface area contributed by atoms with E-state index >= 15 is 0 Å². The lowest BCUT2D eigenvalue weighted by Gasteiger charge is -2.23. The van der Waals surface area contributed by atoms with Crippen molar-refractivity contribution in [1.82, 2.24) is 24.9 Å². The molecule has 1 atom stereocenters. The number of nitrogens with two attached hydrogens (primary N) is 1. The molecule has 0 fully saturated rings. The van der Waals surface area contributed by atoms with E-state index in [1.54, 1.807) is 13.8 Å². The van der Waals surface area contributed by atoms with Gasteiger partial charge in [-0.3, -0.25) is 14.2 Å². The van der Waals surface area contributed by atoms with E-state index in [0.29, 0.717) is 12.2 Å². The maximum absolute atomic E-state index is 12.7. The van der Waals surface area contributed by atoms with Crippen LogP contribution in [0.25, 0.3) is 16.6 Å². The molecule has 0 aliphatic heterocycles. The molecule has 1 amide bonds. The van der Waals surface area contributed by atoms with Gasteiger partial charge in [0, 0.05) is 23.7 Å². The second kappa shape index (κ2) is 7.25. The molecule has 0 bridgehead atoms. The first-order valence-corrected chi connectivity index (χ1v) is 9.57. The van der Waals surface area contributed by atoms with Crippen LogP contribution in [0.1, 0.15) is 37.0 Å². The number of amides is 1. The fourth-order valence-corrected chi connectivity index (χ4v) is 3.23. The number of benzene rings is 1. The number of aryl methyl sites for hydroxylation is 1. The first-order valence-electron chi connectivity index (χ1n) is 9.57. The number of nitrogens with one attached hydrogen (secondary N) is 1. The molecule has 3 heterocycles. The average molecular weight is 388 g/mol. The fraction of sp³-hybridized carbons (Fsp3) is 0.273. The Labute approximate surface area is 169 Å². The largest absolute Gasteiger partial charge is 0.344 e. The number of hydrogen-bond donors (Lipinski definition) is 2. The molecule has 0 saturated carbocycles. The van der Waals surface area contributed by atoms with Crippen molar-refractivity contribution in [2.24, 2.45) is 5.73 Å². The van der Waals surface area contributed by atoms with E-state index in [2.05, 4.69) is 15.5 Å². The highest BCUT2D eigenvalue weighted by Crippen LogP contribution is 2.21. The molecular weight excluding hydrogens is 364 g/mol. The molecule has 4 rings (SSSR count). The molecule has 0 spiro atoms. The zero-order chi connectivity index (χ0) is 20.6. The molecule has 148 valence electrons. The lowest BCUT2D eigenvalue weighted by Crippen LogP contribution is -2.50. The first-order chi connectivity index (χ1) is 13.8. The number of para-hydroxylation sites is 1. The first kappa shape index (κ1) is 19.0. The molecule has 7 heteroatoms. The Bertz CT molecular complexity index is 1190. The molecule has 0 radical (unpaired) electrons. The second-order valence-electron chi connectivity index (χ2n) is 7.94. The van der Waals surface area contributed by atoms with Gasteiger partial charge in [-0.05, 0) is 44.5 Å². The predicted molar refractivity (Wildman–Crippen MR) is 112 cm³/mol. The van der Waals surface area contributed by atoms with Crippen LogP contribution in [0.5, 0.6) is 0 Å². The Morgan fingerprint density at radius 1 is 1.14 bits per heavy atom. The van der Waals surface area contributed by atoms with Gasteiger partial charge >= 0.3 is 0 Å². The van der Waals surface area contributed by atoms with Crippen LogP contribution < -0.4 is 11.1 Å². The van der Waals surface area contributed by atoms with E-state index in [9.17, 15) is 4.79 Å². The predicted octanol–water partition coefficient (Wildman–Crippen LogP) is 2.72. The van der Waals surface area contributed by atoms with Crippen LogP contribution >= 0.6 is 0 Å². The van der Waals surface area contributed by atoms with Crippen molar-refractivity contribution < 1.29 is 4.79 Å². The molecule has 1 aromatic carbocycles. The van der Waals surface area contributed by atoms with Crippen molar-refractivity contribution in [3.05, 3.63) is 71.8 Å². The molecular formula is C22H24N6O. The number of pyridine rings is 2. The summed E-state index contributed by atoms with van der Waals surface area (Å²) in [5, 5.41) is 12.7. The second-order valence-corrected chi connectivity index (χ2v) is 7.94. The summed E-state index contributed by atoms with van der Waals surface area (Å²) in [5.41, 5.74) is 8.58. The maximum Gasteiger partial charge on any atom is 0.240 e. The van der Waals surface area contributed by atoms with Gasteiger partial charge in [0.2, 0.25) is 5.91 Å². The van der Waals surface area contributed by atoms with E-state index in [0.717, 1.165) is 27.8 Å². The van der Waals surface area contributed by atoms with Gasteiger partial charge < -0.3 is 11.1 Å². The summed E-state index contributed by atoms with van der Waals surface area (Å²) in [6, 6.07) is 15.4. The van der Waals surface area contributed by atoms with Crippen molar-refractivity contribution in [3.8, 4) is 0 Å². The summed E-state index contributed by atoms with van der Waals surface area (Å²) < 4.78 is 1.91. The lowest BCUT2D eigenvalue weighted by atomic mass is 10.0. The lowest BCUT2D eigenvalue weighted by molar-refractivity contribution is -0.126. The number of carbonyl (C=O) groups excluding carboxylic acids is 1. The number of rotatable bonds is 5. The van der Waals surface area contributed by atoms with Gasteiger partial charge in [-0.15, -0.1) is 10.2 Å². The molecule has 29 heavy (non-hydrogen) atoms. The summed E-state index contributed by atoms with van der Waals surface area (Å²) in [6.07, 6.45) is 2.44. The third-order valence-electron chi connectivity index (χ3n) is 4.85. The van der Waals surface area contributed by atoms with Crippen molar-refractivity contribution >= 4 is 22.5 Å². The van der Waals surface area contributed by atoms with Crippen LogP contribution in [-0.2, 0) is 11.2 Å². The van der Waals surface area contributed by atoms with E-state index in [-0.39, 0.29) is 5.91 Å². The van der Waals surface area contributed by atoms with Crippen LogP contribution in [0.4, 0.5) is 0 Å². The van der Waals surface area contributed by atoms with Crippen molar-refractivity contribution in [1.29, 1.82) is 0 Å². The van der Waals surface area contributed by atoms with E-state index in [4.69, 9.17) is 10.7 Å². The minimum atomic E-state index is -1.01. The van der Waals surface area contributed by atoms with Crippen molar-refractivity contribution in [2.75, 3.05) is 0 Å². The van der Waals surface area contributed by atoms with Crippen molar-refractivity contribution in [2.45, 2.75) is 38.8 Å². The van der Waals surface area contributed by atoms with Crippen LogP contribution in [0, 0.1) is 6.92 Å². The van der Waals surface area contributed by atoms with E-state index < -0.39 is 11.6 Å². The van der Waals surface area contributed by atoms with Gasteiger partial charge in [-0.25, -0.2) is 0 Å². The Kier molecular flexibility index (Phi) is 4.76. The molecule has 4 aromatic rings. The zero-order valence-corrected chi connectivity index (χ0v) is 16.8. The SMILES string of the molecule is Cc1ccc2nnc([C@@H](Cc3ccc4ccccc4n3)NC(=O)C(C)(C)N)n2c1. The Balaban J connectivity index is 1.74. The number of carbonyl (C=O) groups is 1. The van der Waals surface area contributed by atoms with Crippen molar-refractivity contribution in [3.63, 3.8) is 0 Å². The molecule has 3 aromatic heterocycles. The van der Waals surface area contributed by atoms with Gasteiger partial charge in [0.25, 0.3) is 0 Å². The van der Waals surface area contributed by atoms with E-state index in [1.165, 1.54) is 0 Å². The highest BCUT2D eigenvalue weighted by molar-refractivity contribution is 5.85. The Morgan fingerprint density at radius 3 is 2.72 bits per heavy atom. The van der Waals surface area contributed by atoms with Gasteiger partial charge in [-0.2, -0.15) is 0 Å². The molecule has 0 aliphatic rings. The quantitative estimate of drug-likeness (QED) is 0.548. The molecule has 0 aliphatic carbocycles. The minimum Gasteiger partial charge on any atom is -0.344 e. The normalized spacial score (nSPS) is 13.0. The third kappa shape index (κ3) is 3.95. The van der Waals surface area contributed by atoms with Gasteiger partial charge in [0.05, 0.1) is 17.1 Å². The van der Waals surface area contributed by atoms with Crippen LogP contribution in [0.3, 0.4) is 0 Å². The summed E-state index contributed by atoms with van der Waals surface area (Å²) in [4.78, 5) is 17.4. The van der Waals surface area contributed by atoms with E-state index in [1.807, 2.05) is 66.1 Å². The fourth-order valence-electron chi connectivity index (χ4n) is 3.23. The third-order valence-corrected chi connectivity index (χ3v) is 4.85. The standard InChI is InChI=1S/C22H24N6O/c1-14-8-11-19-26-27-20(28(19)13-14)18(25-21(29)22(2,3)23)12-16-10-9-15-6-4-5-7-17(15)24-16/h4-11,13,18H,12,23H2,1-3H3,(H,25,29)/t18-/m1/s1. The topological polar surface area (TPSA) is 98.2 Å². The highest BCUT2D eigenvalue weighted by Gasteiger charge is 2.28. The Morgan fingerprint density at radius 2 is 1.93 bits per heavy atom. The highest BCUT2D eigenvalue weighted by atomic mass is 16.2. The number of aromatic nitrogens is 4. The van der Waals surface area contributed by atoms with Gasteiger partial charge in [-0.1, -0.05) is 30.3 Å². The summed E-state index contributed by atoms with van der Waals surface area (Å²) >= 11 is 0. The smallest absolute Gasteiger partial charge is 0.240 e. The monoisotopic (exact) mass is 388 g/mol. The molecule has 7 nitrogen and oxygen atoms in total. The molecule has 0 unspecified atom stereocenters. The number of hydrogen-bond acceptors (Lipinski definition) is 5. The van der Waals surface area contributed by atoms with Gasteiger partial charge in [0.1, 0.15) is 0 Å². The summed E-state index contributed by atoms with van der Waals surface area (Å²) in [7, 11) is 0. The summed E-state index contributed by atoms with van der Waals surface area (Å²) in [6.45, 7) is 5.37. The van der Waals surface area contributed by atoms with Crippen LogP contribution in [-0.4, -0.2) is 31.0 Å². The maximum atomic E-state index is 12.7. The minimum absolute atomic E-state index is 0.257. The van der Waals surface area contributed by atoms with Crippen LogP contribution in [0.15, 0.2) is 54.7 Å². The average Bonchev–Trinajstić information content (AvgIpc) is 3.09. The van der Waals surface area contributed by atoms with Crippen LogP contribution in [0.2, 0.25) is 0 Å².